The van der Waals surface area contributed by atoms with Crippen molar-refractivity contribution in [1.29, 1.82) is 0 Å². The van der Waals surface area contributed by atoms with Crippen molar-refractivity contribution in [3.8, 4) is 11.5 Å². The van der Waals surface area contributed by atoms with Crippen LogP contribution >= 0.6 is 0 Å². The lowest BCUT2D eigenvalue weighted by Crippen LogP contribution is -2.16. The summed E-state index contributed by atoms with van der Waals surface area (Å²) >= 11 is 0. The van der Waals surface area contributed by atoms with Gasteiger partial charge in [-0.2, -0.15) is 0 Å². The van der Waals surface area contributed by atoms with Crippen LogP contribution in [-0.2, 0) is 0 Å². The highest BCUT2D eigenvalue weighted by Gasteiger charge is 2.16. The molecular weight excluding hydrogens is 270 g/mol. The Labute approximate surface area is 122 Å². The number of aryl methyl sites for hydroxylation is 1. The topological polar surface area (TPSA) is 86.5 Å². The van der Waals surface area contributed by atoms with Gasteiger partial charge in [0.25, 0.3) is 5.91 Å². The molecule has 21 heavy (non-hydrogen) atoms. The van der Waals surface area contributed by atoms with E-state index >= 15 is 0 Å². The molecule has 1 amide bonds. The molecule has 0 aliphatic carbocycles. The lowest BCUT2D eigenvalue weighted by Gasteiger charge is -2.13. The first-order chi connectivity index (χ1) is 10.1. The summed E-state index contributed by atoms with van der Waals surface area (Å²) in [6.07, 6.45) is 1.61. The van der Waals surface area contributed by atoms with Crippen LogP contribution in [0.3, 0.4) is 0 Å². The Morgan fingerprint density at radius 3 is 2.52 bits per heavy atom. The molecule has 1 aromatic carbocycles. The molecule has 2 rings (SSSR count). The van der Waals surface area contributed by atoms with Crippen molar-refractivity contribution >= 4 is 17.4 Å². The molecule has 0 spiro atoms. The van der Waals surface area contributed by atoms with Gasteiger partial charge in [-0.1, -0.05) is 6.07 Å². The van der Waals surface area contributed by atoms with Crippen molar-refractivity contribution in [2.24, 2.45) is 0 Å². The minimum atomic E-state index is -0.352. The Balaban J connectivity index is 2.33. The number of carbonyl (C=O) groups excluding carboxylic acids is 1. The quantitative estimate of drug-likeness (QED) is 0.842. The van der Waals surface area contributed by atoms with Crippen molar-refractivity contribution in [3.05, 3.63) is 41.6 Å². The summed E-state index contributed by atoms with van der Waals surface area (Å²) in [5.74, 6) is 1.06. The third kappa shape index (κ3) is 3.05. The molecule has 3 N–H and O–H groups in total. The van der Waals surface area contributed by atoms with Gasteiger partial charge >= 0.3 is 0 Å². The first-order valence-corrected chi connectivity index (χ1v) is 6.31. The molecule has 1 aromatic heterocycles. The Morgan fingerprint density at radius 2 is 1.90 bits per heavy atom. The third-order valence-electron chi connectivity index (χ3n) is 3.04. The number of benzene rings is 1. The Hall–Kier alpha value is -2.76. The Morgan fingerprint density at radius 1 is 1.24 bits per heavy atom. The molecular formula is C15H17N3O3. The standard InChI is InChI=1S/C15H17N3O3/c1-9-5-4-6-17-14(9)18-15(19)10-7-12(20-2)13(21-3)8-11(10)16/h4-8H,16H2,1-3H3,(H,17,18,19). The van der Waals surface area contributed by atoms with Crippen LogP contribution in [0.2, 0.25) is 0 Å². The van der Waals surface area contributed by atoms with Crippen LogP contribution in [0.1, 0.15) is 15.9 Å². The molecule has 0 bridgehead atoms. The Bertz CT molecular complexity index is 671. The summed E-state index contributed by atoms with van der Waals surface area (Å²) in [6.45, 7) is 1.86. The zero-order valence-corrected chi connectivity index (χ0v) is 12.1. The first-order valence-electron chi connectivity index (χ1n) is 6.31. The number of ether oxygens (including phenoxy) is 2. The molecule has 6 heteroatoms. The lowest BCUT2D eigenvalue weighted by atomic mass is 10.1. The number of nitrogens with zero attached hydrogens (tertiary/aromatic N) is 1. The fourth-order valence-electron chi connectivity index (χ4n) is 1.88. The fraction of sp³-hybridized carbons (Fsp3) is 0.200. The van der Waals surface area contributed by atoms with E-state index in [1.165, 1.54) is 14.2 Å². The molecule has 0 aliphatic rings. The van der Waals surface area contributed by atoms with Gasteiger partial charge in [-0.15, -0.1) is 0 Å². The van der Waals surface area contributed by atoms with Crippen LogP contribution in [-0.4, -0.2) is 25.1 Å². The summed E-state index contributed by atoms with van der Waals surface area (Å²) in [5, 5.41) is 2.73. The molecule has 1 heterocycles. The zero-order valence-electron chi connectivity index (χ0n) is 12.1. The SMILES string of the molecule is COc1cc(N)c(C(=O)Nc2ncccc2C)cc1OC. The van der Waals surface area contributed by atoms with Gasteiger partial charge in [0.2, 0.25) is 0 Å². The van der Waals surface area contributed by atoms with E-state index in [1.54, 1.807) is 24.4 Å². The van der Waals surface area contributed by atoms with Gasteiger partial charge in [-0.05, 0) is 24.6 Å². The number of hydrogen-bond acceptors (Lipinski definition) is 5. The van der Waals surface area contributed by atoms with Gasteiger partial charge < -0.3 is 20.5 Å². The van der Waals surface area contributed by atoms with Gasteiger partial charge in [0.15, 0.2) is 11.5 Å². The molecule has 6 nitrogen and oxygen atoms in total. The number of aromatic nitrogens is 1. The van der Waals surface area contributed by atoms with E-state index in [4.69, 9.17) is 15.2 Å². The smallest absolute Gasteiger partial charge is 0.259 e. The van der Waals surface area contributed by atoms with Gasteiger partial charge in [-0.25, -0.2) is 4.98 Å². The summed E-state index contributed by atoms with van der Waals surface area (Å²) in [6, 6.07) is 6.76. The third-order valence-corrected chi connectivity index (χ3v) is 3.04. The second-order valence-corrected chi connectivity index (χ2v) is 4.42. The highest BCUT2D eigenvalue weighted by Crippen LogP contribution is 2.32. The monoisotopic (exact) mass is 287 g/mol. The highest BCUT2D eigenvalue weighted by atomic mass is 16.5. The summed E-state index contributed by atoms with van der Waals surface area (Å²) < 4.78 is 10.3. The zero-order chi connectivity index (χ0) is 15.4. The number of nitrogens with two attached hydrogens (primary N) is 1. The second-order valence-electron chi connectivity index (χ2n) is 4.42. The van der Waals surface area contributed by atoms with Crippen molar-refractivity contribution in [2.45, 2.75) is 6.92 Å². The predicted molar refractivity (Wildman–Crippen MR) is 80.9 cm³/mol. The second kappa shape index (κ2) is 6.13. The van der Waals surface area contributed by atoms with Crippen molar-refractivity contribution in [3.63, 3.8) is 0 Å². The van der Waals surface area contributed by atoms with Gasteiger partial charge in [0.1, 0.15) is 5.82 Å². The van der Waals surface area contributed by atoms with E-state index in [0.29, 0.717) is 28.6 Å². The number of anilines is 2. The Kier molecular flexibility index (Phi) is 4.27. The molecule has 110 valence electrons. The number of pyridine rings is 1. The number of hydrogen-bond donors (Lipinski definition) is 2. The van der Waals surface area contributed by atoms with Crippen LogP contribution in [0.5, 0.6) is 11.5 Å². The highest BCUT2D eigenvalue weighted by molar-refractivity contribution is 6.08. The number of amides is 1. The van der Waals surface area contributed by atoms with E-state index in [1.807, 2.05) is 13.0 Å². The average Bonchev–Trinajstić information content (AvgIpc) is 2.49. The average molecular weight is 287 g/mol. The maximum absolute atomic E-state index is 12.3. The minimum absolute atomic E-state index is 0.303. The molecule has 0 saturated carbocycles. The molecule has 0 saturated heterocycles. The van der Waals surface area contributed by atoms with Crippen molar-refractivity contribution in [2.75, 3.05) is 25.3 Å². The molecule has 0 atom stereocenters. The normalized spacial score (nSPS) is 10.0. The fourth-order valence-corrected chi connectivity index (χ4v) is 1.88. The molecule has 0 fully saturated rings. The molecule has 2 aromatic rings. The van der Waals surface area contributed by atoms with Crippen LogP contribution < -0.4 is 20.5 Å². The predicted octanol–water partition coefficient (Wildman–Crippen LogP) is 2.24. The van der Waals surface area contributed by atoms with Crippen LogP contribution in [0, 0.1) is 6.92 Å². The first kappa shape index (κ1) is 14.6. The lowest BCUT2D eigenvalue weighted by molar-refractivity contribution is 0.102. The maximum Gasteiger partial charge on any atom is 0.259 e. The maximum atomic E-state index is 12.3. The summed E-state index contributed by atoms with van der Waals surface area (Å²) in [5.41, 5.74) is 7.37. The number of nitrogens with one attached hydrogen (secondary N) is 1. The minimum Gasteiger partial charge on any atom is -0.493 e. The molecule has 0 unspecified atom stereocenters. The number of methoxy groups -OCH3 is 2. The summed E-state index contributed by atoms with van der Waals surface area (Å²) in [7, 11) is 3.01. The van der Waals surface area contributed by atoms with E-state index in [0.717, 1.165) is 5.56 Å². The van der Waals surface area contributed by atoms with Crippen LogP contribution in [0.15, 0.2) is 30.5 Å². The number of rotatable bonds is 4. The van der Waals surface area contributed by atoms with Crippen LogP contribution in [0.25, 0.3) is 0 Å². The van der Waals surface area contributed by atoms with Crippen molar-refractivity contribution in [1.82, 2.24) is 4.98 Å². The van der Waals surface area contributed by atoms with Gasteiger partial charge in [0.05, 0.1) is 19.8 Å². The van der Waals surface area contributed by atoms with Crippen molar-refractivity contribution < 1.29 is 14.3 Å². The van der Waals surface area contributed by atoms with Crippen LogP contribution in [0.4, 0.5) is 11.5 Å². The number of carbonyl (C=O) groups is 1. The summed E-state index contributed by atoms with van der Waals surface area (Å²) in [4.78, 5) is 16.4. The van der Waals surface area contributed by atoms with Gasteiger partial charge in [0, 0.05) is 18.0 Å². The van der Waals surface area contributed by atoms with E-state index < -0.39 is 0 Å². The van der Waals surface area contributed by atoms with Gasteiger partial charge in [-0.3, -0.25) is 4.79 Å². The van der Waals surface area contributed by atoms with E-state index in [9.17, 15) is 4.79 Å². The number of nitrogen functional groups attached to an aromatic ring is 1. The van der Waals surface area contributed by atoms with E-state index in [-0.39, 0.29) is 5.91 Å². The van der Waals surface area contributed by atoms with E-state index in [2.05, 4.69) is 10.3 Å². The largest absolute Gasteiger partial charge is 0.493 e. The molecule has 0 aliphatic heterocycles. The molecule has 0 radical (unpaired) electrons.